The fourth-order valence-corrected chi connectivity index (χ4v) is 2.43. The molecule has 0 unspecified atom stereocenters. The Labute approximate surface area is 106 Å². The Bertz CT molecular complexity index is 498. The first kappa shape index (κ1) is 12.7. The quantitative estimate of drug-likeness (QED) is 0.823. The number of rotatable bonds is 2. The maximum atomic E-state index is 14.3. The lowest BCUT2D eigenvalue weighted by atomic mass is 9.85. The van der Waals surface area contributed by atoms with Crippen molar-refractivity contribution < 1.29 is 13.9 Å². The molecule has 1 heterocycles. The molecule has 1 aliphatic rings. The van der Waals surface area contributed by atoms with Crippen LogP contribution in [-0.2, 0) is 10.3 Å². The summed E-state index contributed by atoms with van der Waals surface area (Å²) in [6, 6.07) is 3.13. The minimum Gasteiger partial charge on any atom is -0.437 e. The van der Waals surface area contributed by atoms with Crippen molar-refractivity contribution in [3.63, 3.8) is 0 Å². The summed E-state index contributed by atoms with van der Waals surface area (Å²) >= 11 is 0. The summed E-state index contributed by atoms with van der Waals surface area (Å²) < 4.78 is 19.7. The van der Waals surface area contributed by atoms with Gasteiger partial charge in [0.05, 0.1) is 16.9 Å². The van der Waals surface area contributed by atoms with Gasteiger partial charge in [-0.25, -0.2) is 9.18 Å². The van der Waals surface area contributed by atoms with E-state index in [4.69, 9.17) is 10.5 Å². The van der Waals surface area contributed by atoms with Crippen LogP contribution in [0.2, 0.25) is 0 Å². The van der Waals surface area contributed by atoms with Crippen LogP contribution in [-0.4, -0.2) is 13.1 Å². The van der Waals surface area contributed by atoms with E-state index in [0.717, 1.165) is 0 Å². The molecule has 1 aromatic rings. The molecule has 2 rings (SSSR count). The highest BCUT2D eigenvalue weighted by molar-refractivity contribution is 5.91. The lowest BCUT2D eigenvalue weighted by Gasteiger charge is -2.40. The Hall–Kier alpha value is -1.78. The van der Waals surface area contributed by atoms with Gasteiger partial charge in [0.25, 0.3) is 0 Å². The third-order valence-corrected chi connectivity index (χ3v) is 3.67. The van der Waals surface area contributed by atoms with Gasteiger partial charge in [-0.3, -0.25) is 4.90 Å². The van der Waals surface area contributed by atoms with E-state index >= 15 is 0 Å². The molecule has 4 nitrogen and oxygen atoms in total. The average Bonchev–Trinajstić information content (AvgIpc) is 2.37. The van der Waals surface area contributed by atoms with Crippen molar-refractivity contribution in [2.75, 3.05) is 17.7 Å². The van der Waals surface area contributed by atoms with Crippen LogP contribution in [0.25, 0.3) is 0 Å². The normalized spacial score (nSPS) is 17.3. The second-order valence-corrected chi connectivity index (χ2v) is 4.49. The first-order valence-electron chi connectivity index (χ1n) is 6.02. The number of amides is 1. The van der Waals surface area contributed by atoms with Gasteiger partial charge in [-0.2, -0.15) is 0 Å². The topological polar surface area (TPSA) is 55.6 Å². The maximum Gasteiger partial charge on any atom is 0.414 e. The zero-order valence-corrected chi connectivity index (χ0v) is 10.8. The molecule has 0 bridgehead atoms. The first-order valence-corrected chi connectivity index (χ1v) is 6.02. The van der Waals surface area contributed by atoms with Crippen LogP contribution in [0, 0.1) is 5.82 Å². The molecule has 0 spiro atoms. The maximum absolute atomic E-state index is 14.3. The molecule has 0 fully saturated rings. The second-order valence-electron chi connectivity index (χ2n) is 4.49. The second kappa shape index (κ2) is 4.15. The molecule has 18 heavy (non-hydrogen) atoms. The number of benzene rings is 1. The van der Waals surface area contributed by atoms with E-state index in [9.17, 15) is 9.18 Å². The van der Waals surface area contributed by atoms with E-state index in [0.29, 0.717) is 24.1 Å². The van der Waals surface area contributed by atoms with E-state index < -0.39 is 17.5 Å². The predicted molar refractivity (Wildman–Crippen MR) is 68.0 cm³/mol. The van der Waals surface area contributed by atoms with Crippen LogP contribution in [0.3, 0.4) is 0 Å². The minimum absolute atomic E-state index is 0.0753. The number of cyclic esters (lactones) is 1. The van der Waals surface area contributed by atoms with Gasteiger partial charge < -0.3 is 10.5 Å². The fraction of sp³-hybridized carbons (Fsp3) is 0.462. The molecule has 98 valence electrons. The van der Waals surface area contributed by atoms with Gasteiger partial charge in [0, 0.05) is 7.05 Å². The fourth-order valence-electron chi connectivity index (χ4n) is 2.43. The molecule has 0 radical (unpaired) electrons. The van der Waals surface area contributed by atoms with Gasteiger partial charge >= 0.3 is 6.09 Å². The largest absolute Gasteiger partial charge is 0.437 e. The Morgan fingerprint density at radius 3 is 2.56 bits per heavy atom. The van der Waals surface area contributed by atoms with Crippen LogP contribution in [0.4, 0.5) is 20.6 Å². The SMILES string of the molecule is CCC1(CC)OC(=O)N(C)c2ccc(N)c(F)c21. The predicted octanol–water partition coefficient (Wildman–Crippen LogP) is 3.01. The molecule has 5 heteroatoms. The highest BCUT2D eigenvalue weighted by atomic mass is 19.1. The van der Waals surface area contributed by atoms with Crippen molar-refractivity contribution >= 4 is 17.5 Å². The Morgan fingerprint density at radius 1 is 1.39 bits per heavy atom. The lowest BCUT2D eigenvalue weighted by Crippen LogP contribution is -2.44. The molecule has 1 aliphatic heterocycles. The molecule has 0 aromatic heterocycles. The third kappa shape index (κ3) is 1.54. The molecule has 2 N–H and O–H groups in total. The van der Waals surface area contributed by atoms with Crippen molar-refractivity contribution in [3.05, 3.63) is 23.5 Å². The summed E-state index contributed by atoms with van der Waals surface area (Å²) in [5, 5.41) is 0. The number of nitrogens with zero attached hydrogens (tertiary/aromatic N) is 1. The number of fused-ring (bicyclic) bond motifs is 1. The van der Waals surface area contributed by atoms with Crippen LogP contribution < -0.4 is 10.6 Å². The summed E-state index contributed by atoms with van der Waals surface area (Å²) in [4.78, 5) is 13.1. The van der Waals surface area contributed by atoms with Gasteiger partial charge in [-0.15, -0.1) is 0 Å². The Balaban J connectivity index is 2.75. The number of carbonyl (C=O) groups is 1. The van der Waals surface area contributed by atoms with E-state index in [1.54, 1.807) is 13.1 Å². The number of halogens is 1. The van der Waals surface area contributed by atoms with Crippen LogP contribution in [0.1, 0.15) is 32.3 Å². The molecule has 0 aliphatic carbocycles. The average molecular weight is 252 g/mol. The number of anilines is 2. The van der Waals surface area contributed by atoms with Gasteiger partial charge in [-0.1, -0.05) is 13.8 Å². The van der Waals surface area contributed by atoms with E-state index in [1.165, 1.54) is 11.0 Å². The number of hydrogen-bond donors (Lipinski definition) is 1. The minimum atomic E-state index is -0.918. The van der Waals surface area contributed by atoms with Crippen molar-refractivity contribution in [3.8, 4) is 0 Å². The van der Waals surface area contributed by atoms with Crippen molar-refractivity contribution in [2.24, 2.45) is 0 Å². The Kier molecular flexibility index (Phi) is 2.92. The zero-order chi connectivity index (χ0) is 13.5. The first-order chi connectivity index (χ1) is 8.46. The van der Waals surface area contributed by atoms with Gasteiger partial charge in [0.1, 0.15) is 5.60 Å². The molecule has 1 amide bonds. The number of ether oxygens (including phenoxy) is 1. The van der Waals surface area contributed by atoms with Crippen molar-refractivity contribution in [1.29, 1.82) is 0 Å². The van der Waals surface area contributed by atoms with Crippen molar-refractivity contribution in [2.45, 2.75) is 32.3 Å². The third-order valence-electron chi connectivity index (χ3n) is 3.67. The number of nitrogen functional groups attached to an aromatic ring is 1. The van der Waals surface area contributed by atoms with Gasteiger partial charge in [0.2, 0.25) is 0 Å². The Morgan fingerprint density at radius 2 is 2.00 bits per heavy atom. The monoisotopic (exact) mass is 252 g/mol. The smallest absolute Gasteiger partial charge is 0.414 e. The number of hydrogen-bond acceptors (Lipinski definition) is 3. The van der Waals surface area contributed by atoms with E-state index in [2.05, 4.69) is 0 Å². The highest BCUT2D eigenvalue weighted by Gasteiger charge is 2.44. The molecule has 1 aromatic carbocycles. The van der Waals surface area contributed by atoms with E-state index in [-0.39, 0.29) is 5.69 Å². The van der Waals surface area contributed by atoms with Gasteiger partial charge in [0.15, 0.2) is 5.82 Å². The number of nitrogens with two attached hydrogens (primary N) is 1. The molecular weight excluding hydrogens is 235 g/mol. The summed E-state index contributed by atoms with van der Waals surface area (Å²) in [6.45, 7) is 3.74. The highest BCUT2D eigenvalue weighted by Crippen LogP contribution is 2.45. The summed E-state index contributed by atoms with van der Waals surface area (Å²) in [6.07, 6.45) is 0.558. The molecular formula is C13H17FN2O2. The lowest BCUT2D eigenvalue weighted by molar-refractivity contribution is -0.00287. The van der Waals surface area contributed by atoms with Crippen LogP contribution in [0.15, 0.2) is 12.1 Å². The number of carbonyl (C=O) groups excluding carboxylic acids is 1. The zero-order valence-electron chi connectivity index (χ0n) is 10.8. The van der Waals surface area contributed by atoms with Gasteiger partial charge in [-0.05, 0) is 25.0 Å². The molecule has 0 saturated heterocycles. The summed E-state index contributed by atoms with van der Waals surface area (Å²) in [7, 11) is 1.56. The molecule has 0 saturated carbocycles. The summed E-state index contributed by atoms with van der Waals surface area (Å²) in [5.74, 6) is -0.490. The van der Waals surface area contributed by atoms with Crippen LogP contribution >= 0.6 is 0 Å². The standard InChI is InChI=1S/C13H17FN2O2/c1-4-13(5-2)10-9(16(3)12(17)18-13)7-6-8(15)11(10)14/h6-7H,4-5,15H2,1-3H3. The van der Waals surface area contributed by atoms with E-state index in [1.807, 2.05) is 13.8 Å². The molecule has 0 atom stereocenters. The summed E-state index contributed by atoms with van der Waals surface area (Å²) in [5.41, 5.74) is 5.69. The van der Waals surface area contributed by atoms with Crippen LogP contribution in [0.5, 0.6) is 0 Å². The van der Waals surface area contributed by atoms with Crippen molar-refractivity contribution in [1.82, 2.24) is 0 Å².